The van der Waals surface area contributed by atoms with Crippen LogP contribution in [0.2, 0.25) is 5.15 Å². The van der Waals surface area contributed by atoms with E-state index in [1.54, 1.807) is 0 Å². The molecule has 0 atom stereocenters. The van der Waals surface area contributed by atoms with E-state index in [1.165, 1.54) is 6.54 Å². The number of anilines is 1. The molecular weight excluding hydrogens is 260 g/mol. The standard InChI is InChI=1S/C14H23ClN4/c1-10(2)9-18-5-7-19(8-6-18)14-12(4)11(3)13(15)16-17-14/h10H,5-9H2,1-4H3. The molecule has 0 N–H and O–H groups in total. The van der Waals surface area contributed by atoms with Gasteiger partial charge in [0.05, 0.1) is 0 Å². The quantitative estimate of drug-likeness (QED) is 0.853. The van der Waals surface area contributed by atoms with Crippen molar-refractivity contribution in [3.8, 4) is 0 Å². The highest BCUT2D eigenvalue weighted by Gasteiger charge is 2.21. The van der Waals surface area contributed by atoms with Crippen LogP contribution in [0.15, 0.2) is 0 Å². The van der Waals surface area contributed by atoms with E-state index in [0.717, 1.165) is 49.0 Å². The Balaban J connectivity index is 2.04. The maximum absolute atomic E-state index is 6.00. The van der Waals surface area contributed by atoms with Gasteiger partial charge in [-0.2, -0.15) is 0 Å². The van der Waals surface area contributed by atoms with Crippen LogP contribution in [0.1, 0.15) is 25.0 Å². The topological polar surface area (TPSA) is 32.3 Å². The Morgan fingerprint density at radius 1 is 1.05 bits per heavy atom. The van der Waals surface area contributed by atoms with Gasteiger partial charge in [0.1, 0.15) is 0 Å². The fraction of sp³-hybridized carbons (Fsp3) is 0.714. The Morgan fingerprint density at radius 2 is 1.68 bits per heavy atom. The summed E-state index contributed by atoms with van der Waals surface area (Å²) in [6.45, 7) is 14.0. The molecule has 1 aromatic heterocycles. The zero-order chi connectivity index (χ0) is 14.0. The van der Waals surface area contributed by atoms with Crippen LogP contribution >= 0.6 is 11.6 Å². The average Bonchev–Trinajstić information content (AvgIpc) is 2.37. The van der Waals surface area contributed by atoms with Gasteiger partial charge >= 0.3 is 0 Å². The fourth-order valence-corrected chi connectivity index (χ4v) is 2.70. The maximum Gasteiger partial charge on any atom is 0.155 e. The fourth-order valence-electron chi connectivity index (χ4n) is 2.52. The van der Waals surface area contributed by atoms with Crippen LogP contribution in [-0.4, -0.2) is 47.8 Å². The van der Waals surface area contributed by atoms with Gasteiger partial charge in [-0.05, 0) is 30.9 Å². The lowest BCUT2D eigenvalue weighted by Crippen LogP contribution is -2.48. The highest BCUT2D eigenvalue weighted by molar-refractivity contribution is 6.30. The number of hydrogen-bond acceptors (Lipinski definition) is 4. The summed E-state index contributed by atoms with van der Waals surface area (Å²) in [5.41, 5.74) is 2.19. The minimum absolute atomic E-state index is 0.514. The molecule has 0 bridgehead atoms. The lowest BCUT2D eigenvalue weighted by Gasteiger charge is -2.36. The molecule has 2 heterocycles. The van der Waals surface area contributed by atoms with Gasteiger partial charge in [0, 0.05) is 32.7 Å². The van der Waals surface area contributed by atoms with Gasteiger partial charge < -0.3 is 4.90 Å². The molecule has 1 aliphatic heterocycles. The zero-order valence-electron chi connectivity index (χ0n) is 12.3. The molecule has 0 amide bonds. The van der Waals surface area contributed by atoms with E-state index in [0.29, 0.717) is 5.15 Å². The molecule has 106 valence electrons. The molecule has 0 aromatic carbocycles. The van der Waals surface area contributed by atoms with Crippen molar-refractivity contribution < 1.29 is 0 Å². The summed E-state index contributed by atoms with van der Waals surface area (Å²) >= 11 is 6.00. The van der Waals surface area contributed by atoms with Crippen molar-refractivity contribution >= 4 is 17.4 Å². The number of rotatable bonds is 3. The number of nitrogens with zero attached hydrogens (tertiary/aromatic N) is 4. The van der Waals surface area contributed by atoms with Crippen molar-refractivity contribution in [2.75, 3.05) is 37.6 Å². The van der Waals surface area contributed by atoms with Gasteiger partial charge in [0.25, 0.3) is 0 Å². The predicted octanol–water partition coefficient (Wildman–Crippen LogP) is 2.52. The van der Waals surface area contributed by atoms with Crippen LogP contribution in [0.25, 0.3) is 0 Å². The van der Waals surface area contributed by atoms with Crippen molar-refractivity contribution in [3.05, 3.63) is 16.3 Å². The Labute approximate surface area is 120 Å². The number of aromatic nitrogens is 2. The van der Waals surface area contributed by atoms with Crippen LogP contribution in [0.3, 0.4) is 0 Å². The van der Waals surface area contributed by atoms with Gasteiger partial charge in [0.2, 0.25) is 0 Å². The summed E-state index contributed by atoms with van der Waals surface area (Å²) in [4.78, 5) is 4.84. The van der Waals surface area contributed by atoms with Crippen molar-refractivity contribution in [3.63, 3.8) is 0 Å². The van der Waals surface area contributed by atoms with Gasteiger partial charge in [0.15, 0.2) is 11.0 Å². The normalized spacial score (nSPS) is 17.3. The van der Waals surface area contributed by atoms with E-state index in [-0.39, 0.29) is 0 Å². The number of piperazine rings is 1. The molecule has 1 aromatic rings. The molecule has 1 fully saturated rings. The molecule has 0 aliphatic carbocycles. The Kier molecular flexibility index (Phi) is 4.63. The van der Waals surface area contributed by atoms with E-state index >= 15 is 0 Å². The lowest BCUT2D eigenvalue weighted by atomic mass is 10.1. The van der Waals surface area contributed by atoms with Crippen LogP contribution in [0.4, 0.5) is 5.82 Å². The van der Waals surface area contributed by atoms with Crippen LogP contribution in [0, 0.1) is 19.8 Å². The second-order valence-electron chi connectivity index (χ2n) is 5.75. The molecule has 0 spiro atoms. The SMILES string of the molecule is Cc1c(Cl)nnc(N2CCN(CC(C)C)CC2)c1C. The van der Waals surface area contributed by atoms with E-state index in [9.17, 15) is 0 Å². The number of halogens is 1. The summed E-state index contributed by atoms with van der Waals surface area (Å²) in [6.07, 6.45) is 0. The van der Waals surface area contributed by atoms with Gasteiger partial charge in [-0.25, -0.2) is 0 Å². The summed E-state index contributed by atoms with van der Waals surface area (Å²) in [7, 11) is 0. The van der Waals surface area contributed by atoms with Crippen molar-refractivity contribution in [2.24, 2.45) is 5.92 Å². The molecule has 1 aliphatic rings. The maximum atomic E-state index is 6.00. The van der Waals surface area contributed by atoms with E-state index in [1.807, 2.05) is 6.92 Å². The van der Waals surface area contributed by atoms with Crippen molar-refractivity contribution in [1.82, 2.24) is 15.1 Å². The minimum Gasteiger partial charge on any atom is -0.352 e. The van der Waals surface area contributed by atoms with Crippen LogP contribution in [0.5, 0.6) is 0 Å². The van der Waals surface area contributed by atoms with Gasteiger partial charge in [-0.3, -0.25) is 4.90 Å². The first-order valence-corrected chi connectivity index (χ1v) is 7.33. The molecule has 0 saturated carbocycles. The molecule has 0 unspecified atom stereocenters. The molecule has 2 rings (SSSR count). The van der Waals surface area contributed by atoms with Crippen molar-refractivity contribution in [1.29, 1.82) is 0 Å². The number of hydrogen-bond donors (Lipinski definition) is 0. The smallest absolute Gasteiger partial charge is 0.155 e. The average molecular weight is 283 g/mol. The van der Waals surface area contributed by atoms with Gasteiger partial charge in [-0.1, -0.05) is 25.4 Å². The van der Waals surface area contributed by atoms with Crippen LogP contribution < -0.4 is 4.90 Å². The third-order valence-corrected chi connectivity index (χ3v) is 4.09. The Hall–Kier alpha value is -0.870. The third-order valence-electron chi connectivity index (χ3n) is 3.74. The van der Waals surface area contributed by atoms with Crippen LogP contribution in [-0.2, 0) is 0 Å². The highest BCUT2D eigenvalue weighted by Crippen LogP contribution is 2.24. The second-order valence-corrected chi connectivity index (χ2v) is 6.10. The first kappa shape index (κ1) is 14.5. The molecule has 0 radical (unpaired) electrons. The molecular formula is C14H23ClN4. The van der Waals surface area contributed by atoms with E-state index < -0.39 is 0 Å². The minimum atomic E-state index is 0.514. The summed E-state index contributed by atoms with van der Waals surface area (Å²) in [5.74, 6) is 1.72. The van der Waals surface area contributed by atoms with Crippen molar-refractivity contribution in [2.45, 2.75) is 27.7 Å². The molecule has 1 saturated heterocycles. The molecule has 4 nitrogen and oxygen atoms in total. The first-order chi connectivity index (χ1) is 8.99. The predicted molar refractivity (Wildman–Crippen MR) is 80.0 cm³/mol. The Bertz CT molecular complexity index is 439. The van der Waals surface area contributed by atoms with E-state index in [2.05, 4.69) is 40.8 Å². The monoisotopic (exact) mass is 282 g/mol. The largest absolute Gasteiger partial charge is 0.352 e. The first-order valence-electron chi connectivity index (χ1n) is 6.95. The second kappa shape index (κ2) is 6.06. The molecule has 19 heavy (non-hydrogen) atoms. The third kappa shape index (κ3) is 3.37. The highest BCUT2D eigenvalue weighted by atomic mass is 35.5. The zero-order valence-corrected chi connectivity index (χ0v) is 13.0. The molecule has 5 heteroatoms. The Morgan fingerprint density at radius 3 is 2.26 bits per heavy atom. The summed E-state index contributed by atoms with van der Waals surface area (Å²) in [5, 5.41) is 8.83. The summed E-state index contributed by atoms with van der Waals surface area (Å²) < 4.78 is 0. The summed E-state index contributed by atoms with van der Waals surface area (Å²) in [6, 6.07) is 0. The van der Waals surface area contributed by atoms with E-state index in [4.69, 9.17) is 11.6 Å². The lowest BCUT2D eigenvalue weighted by molar-refractivity contribution is 0.230. The van der Waals surface area contributed by atoms with Gasteiger partial charge in [-0.15, -0.1) is 10.2 Å².